The number of hydrazine groups is 1. The number of anilines is 2. The smallest absolute Gasteiger partial charge is 0.261 e. The zero-order valence-electron chi connectivity index (χ0n) is 10.6. The SMILES string of the molecule is CN(C(=O)c1ccnc(NN)c1F)c1ccc(F)cc1. The lowest BCUT2D eigenvalue weighted by atomic mass is 10.2. The van der Waals surface area contributed by atoms with Gasteiger partial charge < -0.3 is 10.3 Å². The quantitative estimate of drug-likeness (QED) is 0.664. The predicted octanol–water partition coefficient (Wildman–Crippen LogP) is 1.92. The molecule has 0 atom stereocenters. The van der Waals surface area contributed by atoms with Crippen molar-refractivity contribution in [3.05, 3.63) is 53.7 Å². The number of nitrogens with zero attached hydrogens (tertiary/aromatic N) is 2. The van der Waals surface area contributed by atoms with Crippen LogP contribution in [0.1, 0.15) is 10.4 Å². The van der Waals surface area contributed by atoms with Crippen LogP contribution in [0.2, 0.25) is 0 Å². The van der Waals surface area contributed by atoms with Crippen LogP contribution >= 0.6 is 0 Å². The first kappa shape index (κ1) is 13.9. The number of halogens is 2. The summed E-state index contributed by atoms with van der Waals surface area (Å²) >= 11 is 0. The van der Waals surface area contributed by atoms with Crippen LogP contribution in [0.25, 0.3) is 0 Å². The van der Waals surface area contributed by atoms with E-state index in [1.54, 1.807) is 0 Å². The summed E-state index contributed by atoms with van der Waals surface area (Å²) in [6, 6.07) is 6.53. The topological polar surface area (TPSA) is 71.2 Å². The second-order valence-electron chi connectivity index (χ2n) is 4.01. The monoisotopic (exact) mass is 278 g/mol. The fraction of sp³-hybridized carbons (Fsp3) is 0.0769. The van der Waals surface area contributed by atoms with Gasteiger partial charge in [-0.05, 0) is 30.3 Å². The van der Waals surface area contributed by atoms with Gasteiger partial charge in [-0.15, -0.1) is 0 Å². The molecule has 1 aromatic heterocycles. The maximum Gasteiger partial charge on any atom is 0.261 e. The standard InChI is InChI=1S/C13H12F2N4O/c1-19(9-4-2-8(14)3-5-9)13(20)10-6-7-17-12(18-16)11(10)15/h2-7H,16H2,1H3,(H,17,18). The molecule has 0 spiro atoms. The van der Waals surface area contributed by atoms with E-state index in [0.717, 1.165) is 0 Å². The molecule has 104 valence electrons. The number of nitrogens with two attached hydrogens (primary N) is 1. The van der Waals surface area contributed by atoms with Gasteiger partial charge in [0.25, 0.3) is 5.91 Å². The molecule has 2 rings (SSSR count). The highest BCUT2D eigenvalue weighted by Gasteiger charge is 2.20. The van der Waals surface area contributed by atoms with E-state index in [1.165, 1.54) is 48.5 Å². The fourth-order valence-corrected chi connectivity index (χ4v) is 1.67. The van der Waals surface area contributed by atoms with E-state index in [4.69, 9.17) is 5.84 Å². The van der Waals surface area contributed by atoms with E-state index in [0.29, 0.717) is 5.69 Å². The molecule has 0 bridgehead atoms. The fourth-order valence-electron chi connectivity index (χ4n) is 1.67. The predicted molar refractivity (Wildman–Crippen MR) is 71.1 cm³/mol. The number of amides is 1. The molecule has 1 aromatic carbocycles. The van der Waals surface area contributed by atoms with Crippen molar-refractivity contribution in [2.24, 2.45) is 5.84 Å². The third kappa shape index (κ3) is 2.57. The second kappa shape index (κ2) is 5.62. The summed E-state index contributed by atoms with van der Waals surface area (Å²) in [5.74, 6) is 3.04. The van der Waals surface area contributed by atoms with Crippen LogP contribution in [0.3, 0.4) is 0 Å². The van der Waals surface area contributed by atoms with E-state index in [-0.39, 0.29) is 11.4 Å². The van der Waals surface area contributed by atoms with E-state index >= 15 is 0 Å². The zero-order valence-corrected chi connectivity index (χ0v) is 10.6. The van der Waals surface area contributed by atoms with Crippen molar-refractivity contribution < 1.29 is 13.6 Å². The molecule has 20 heavy (non-hydrogen) atoms. The van der Waals surface area contributed by atoms with Crippen LogP contribution in [0, 0.1) is 11.6 Å². The first-order valence-corrected chi connectivity index (χ1v) is 5.69. The van der Waals surface area contributed by atoms with Crippen molar-refractivity contribution in [3.8, 4) is 0 Å². The Kier molecular flexibility index (Phi) is 3.90. The highest BCUT2D eigenvalue weighted by Crippen LogP contribution is 2.20. The molecule has 7 heteroatoms. The first-order chi connectivity index (χ1) is 9.54. The summed E-state index contributed by atoms with van der Waals surface area (Å²) in [4.78, 5) is 17.1. The average molecular weight is 278 g/mol. The van der Waals surface area contributed by atoms with Crippen LogP contribution in [-0.4, -0.2) is 17.9 Å². The van der Waals surface area contributed by atoms with Crippen molar-refractivity contribution in [2.45, 2.75) is 0 Å². The van der Waals surface area contributed by atoms with E-state index in [1.807, 2.05) is 0 Å². The lowest BCUT2D eigenvalue weighted by Crippen LogP contribution is -2.27. The van der Waals surface area contributed by atoms with Gasteiger partial charge in [0, 0.05) is 18.9 Å². The Bertz CT molecular complexity index is 631. The zero-order chi connectivity index (χ0) is 14.7. The number of benzene rings is 1. The summed E-state index contributed by atoms with van der Waals surface area (Å²) < 4.78 is 26.8. The summed E-state index contributed by atoms with van der Waals surface area (Å²) in [6.45, 7) is 0. The maximum atomic E-state index is 14.0. The van der Waals surface area contributed by atoms with Gasteiger partial charge >= 0.3 is 0 Å². The largest absolute Gasteiger partial charge is 0.311 e. The Morgan fingerprint density at radius 2 is 1.90 bits per heavy atom. The molecule has 1 amide bonds. The highest BCUT2D eigenvalue weighted by atomic mass is 19.1. The molecule has 2 aromatic rings. The molecule has 1 heterocycles. The lowest BCUT2D eigenvalue weighted by molar-refractivity contribution is 0.0989. The van der Waals surface area contributed by atoms with Crippen LogP contribution < -0.4 is 16.2 Å². The highest BCUT2D eigenvalue weighted by molar-refractivity contribution is 6.06. The molecule has 0 saturated carbocycles. The normalized spacial score (nSPS) is 10.2. The minimum absolute atomic E-state index is 0.181. The van der Waals surface area contributed by atoms with Gasteiger partial charge in [-0.3, -0.25) is 4.79 Å². The molecule has 0 aliphatic carbocycles. The van der Waals surface area contributed by atoms with Crippen molar-refractivity contribution in [1.82, 2.24) is 4.98 Å². The van der Waals surface area contributed by atoms with Gasteiger partial charge in [-0.25, -0.2) is 19.6 Å². The molecule has 0 aliphatic rings. The Balaban J connectivity index is 2.34. The van der Waals surface area contributed by atoms with Crippen LogP contribution in [0.4, 0.5) is 20.3 Å². The van der Waals surface area contributed by atoms with Crippen molar-refractivity contribution in [2.75, 3.05) is 17.4 Å². The average Bonchev–Trinajstić information content (AvgIpc) is 2.47. The van der Waals surface area contributed by atoms with Gasteiger partial charge in [0.1, 0.15) is 5.82 Å². The number of carbonyl (C=O) groups excluding carboxylic acids is 1. The van der Waals surface area contributed by atoms with Gasteiger partial charge in [0.15, 0.2) is 11.6 Å². The van der Waals surface area contributed by atoms with Gasteiger partial charge in [0.05, 0.1) is 5.56 Å². The Hall–Kier alpha value is -2.54. The van der Waals surface area contributed by atoms with E-state index in [2.05, 4.69) is 10.4 Å². The number of hydrogen-bond acceptors (Lipinski definition) is 4. The third-order valence-corrected chi connectivity index (χ3v) is 2.77. The van der Waals surface area contributed by atoms with Crippen molar-refractivity contribution in [1.29, 1.82) is 0 Å². The minimum Gasteiger partial charge on any atom is -0.311 e. The Labute approximate surface area is 114 Å². The molecular formula is C13H12F2N4O. The maximum absolute atomic E-state index is 14.0. The van der Waals surface area contributed by atoms with Crippen LogP contribution in [0.5, 0.6) is 0 Å². The van der Waals surface area contributed by atoms with Gasteiger partial charge in [-0.2, -0.15) is 0 Å². The number of pyridine rings is 1. The summed E-state index contributed by atoms with van der Waals surface area (Å²) in [6.07, 6.45) is 1.27. The molecule has 0 aliphatic heterocycles. The second-order valence-corrected chi connectivity index (χ2v) is 4.01. The molecule has 0 saturated heterocycles. The van der Waals surface area contributed by atoms with Gasteiger partial charge in [-0.1, -0.05) is 0 Å². The molecule has 3 N–H and O–H groups in total. The number of aromatic nitrogens is 1. The van der Waals surface area contributed by atoms with Crippen molar-refractivity contribution >= 4 is 17.4 Å². The van der Waals surface area contributed by atoms with Crippen LogP contribution in [0.15, 0.2) is 36.5 Å². The number of hydrogen-bond donors (Lipinski definition) is 2. The number of nitrogen functional groups attached to an aromatic ring is 1. The third-order valence-electron chi connectivity index (χ3n) is 2.77. The summed E-state index contributed by atoms with van der Waals surface area (Å²) in [7, 11) is 1.46. The van der Waals surface area contributed by atoms with E-state index in [9.17, 15) is 13.6 Å². The molecule has 0 fully saturated rings. The molecule has 0 unspecified atom stereocenters. The lowest BCUT2D eigenvalue weighted by Gasteiger charge is -2.18. The molecule has 0 radical (unpaired) electrons. The van der Waals surface area contributed by atoms with Crippen LogP contribution in [-0.2, 0) is 0 Å². The minimum atomic E-state index is -0.839. The van der Waals surface area contributed by atoms with E-state index < -0.39 is 17.5 Å². The number of nitrogens with one attached hydrogen (secondary N) is 1. The summed E-state index contributed by atoms with van der Waals surface area (Å²) in [5.41, 5.74) is 2.33. The summed E-state index contributed by atoms with van der Waals surface area (Å²) in [5, 5.41) is 0. The molecular weight excluding hydrogens is 266 g/mol. The van der Waals surface area contributed by atoms with Gasteiger partial charge in [0.2, 0.25) is 0 Å². The Morgan fingerprint density at radius 1 is 1.25 bits per heavy atom. The number of carbonyl (C=O) groups is 1. The molecule has 5 nitrogen and oxygen atoms in total. The first-order valence-electron chi connectivity index (χ1n) is 5.69. The van der Waals surface area contributed by atoms with Crippen molar-refractivity contribution in [3.63, 3.8) is 0 Å². The number of rotatable bonds is 3. The Morgan fingerprint density at radius 3 is 2.50 bits per heavy atom.